The molecule has 0 bridgehead atoms. The molecular weight excluding hydrogens is 206 g/mol. The third-order valence-corrected chi connectivity index (χ3v) is 2.60. The maximum Gasteiger partial charge on any atom is 0.219 e. The van der Waals surface area contributed by atoms with Crippen molar-refractivity contribution < 1.29 is 4.79 Å². The molecule has 0 spiro atoms. The van der Waals surface area contributed by atoms with E-state index >= 15 is 0 Å². The lowest BCUT2D eigenvalue weighted by molar-refractivity contribution is 0.109. The Morgan fingerprint density at radius 3 is 2.77 bits per heavy atom. The summed E-state index contributed by atoms with van der Waals surface area (Å²) in [6, 6.07) is 1.71. The Bertz CT molecular complexity index is 421. The maximum atomic E-state index is 11.0. The number of hydrogen-bond donors (Lipinski definition) is 1. The summed E-state index contributed by atoms with van der Waals surface area (Å²) in [5.74, 6) is 0. The largest absolute Gasteiger partial charge is 0.282 e. The Kier molecular flexibility index (Phi) is 2.15. The van der Waals surface area contributed by atoms with Crippen molar-refractivity contribution in [1.82, 2.24) is 15.0 Å². The minimum atomic E-state index is -0.270. The van der Waals surface area contributed by atoms with Gasteiger partial charge in [-0.05, 0) is 11.4 Å². The fourth-order valence-electron chi connectivity index (χ4n) is 0.940. The van der Waals surface area contributed by atoms with Gasteiger partial charge in [0, 0.05) is 0 Å². The Balaban J connectivity index is 2.52. The van der Waals surface area contributed by atoms with Gasteiger partial charge in [-0.15, -0.1) is 28.8 Å². The number of thiol groups is 1. The number of hydrogen-bond acceptors (Lipinski definition) is 4. The van der Waals surface area contributed by atoms with E-state index in [1.54, 1.807) is 18.5 Å². The maximum absolute atomic E-state index is 11.0. The smallest absolute Gasteiger partial charge is 0.219 e. The molecule has 0 atom stereocenters. The summed E-state index contributed by atoms with van der Waals surface area (Å²) in [4.78, 5) is 12.4. The van der Waals surface area contributed by atoms with Gasteiger partial charge in [-0.25, -0.2) is 0 Å². The minimum absolute atomic E-state index is 0.270. The zero-order chi connectivity index (χ0) is 9.26. The van der Waals surface area contributed by atoms with Crippen LogP contribution in [0.1, 0.15) is 10.4 Å². The third kappa shape index (κ3) is 1.50. The fraction of sp³-hybridized carbons (Fsp3) is 0. The van der Waals surface area contributed by atoms with Crippen LogP contribution in [0.4, 0.5) is 0 Å². The molecule has 2 aromatic heterocycles. The topological polar surface area (TPSA) is 47.8 Å². The number of nitrogens with zero attached hydrogens (tertiary/aromatic N) is 3. The van der Waals surface area contributed by atoms with Crippen molar-refractivity contribution in [3.8, 4) is 5.00 Å². The minimum Gasteiger partial charge on any atom is -0.282 e. The van der Waals surface area contributed by atoms with E-state index in [1.807, 2.05) is 5.38 Å². The SMILES string of the molecule is O=C(S)c1ccsc1-n1nccn1. The number of rotatable bonds is 2. The first-order valence-electron chi connectivity index (χ1n) is 3.46. The Morgan fingerprint density at radius 2 is 2.15 bits per heavy atom. The van der Waals surface area contributed by atoms with Crippen LogP contribution in [0.25, 0.3) is 5.00 Å². The molecule has 0 aliphatic carbocycles. The van der Waals surface area contributed by atoms with Crippen LogP contribution in [0, 0.1) is 0 Å². The van der Waals surface area contributed by atoms with Gasteiger partial charge in [-0.3, -0.25) is 4.79 Å². The van der Waals surface area contributed by atoms with Gasteiger partial charge in [0.1, 0.15) is 5.00 Å². The number of thiophene rings is 1. The molecule has 0 fully saturated rings. The van der Waals surface area contributed by atoms with E-state index in [9.17, 15) is 4.79 Å². The van der Waals surface area contributed by atoms with Gasteiger partial charge in [-0.2, -0.15) is 10.2 Å². The lowest BCUT2D eigenvalue weighted by atomic mass is 10.3. The highest BCUT2D eigenvalue weighted by molar-refractivity contribution is 7.97. The van der Waals surface area contributed by atoms with Crippen LogP contribution in [0.3, 0.4) is 0 Å². The monoisotopic (exact) mass is 211 g/mol. The first kappa shape index (κ1) is 8.46. The predicted molar refractivity (Wildman–Crippen MR) is 52.6 cm³/mol. The van der Waals surface area contributed by atoms with E-state index in [4.69, 9.17) is 0 Å². The van der Waals surface area contributed by atoms with Gasteiger partial charge in [0.15, 0.2) is 0 Å². The van der Waals surface area contributed by atoms with E-state index < -0.39 is 0 Å². The van der Waals surface area contributed by atoms with Crippen molar-refractivity contribution in [3.05, 3.63) is 29.4 Å². The molecule has 66 valence electrons. The zero-order valence-electron chi connectivity index (χ0n) is 6.41. The van der Waals surface area contributed by atoms with Crippen molar-refractivity contribution in [2.24, 2.45) is 0 Å². The summed E-state index contributed by atoms with van der Waals surface area (Å²) in [7, 11) is 0. The van der Waals surface area contributed by atoms with Crippen molar-refractivity contribution in [1.29, 1.82) is 0 Å². The van der Waals surface area contributed by atoms with Crippen molar-refractivity contribution >= 4 is 29.1 Å². The van der Waals surface area contributed by atoms with Crippen molar-refractivity contribution in [2.45, 2.75) is 0 Å². The van der Waals surface area contributed by atoms with Gasteiger partial charge < -0.3 is 0 Å². The molecular formula is C7H5N3OS2. The second-order valence-corrected chi connectivity index (χ2v) is 3.56. The zero-order valence-corrected chi connectivity index (χ0v) is 8.13. The summed E-state index contributed by atoms with van der Waals surface area (Å²) in [5, 5.41) is 10.1. The molecule has 0 radical (unpaired) electrons. The van der Waals surface area contributed by atoms with Crippen molar-refractivity contribution in [2.75, 3.05) is 0 Å². The number of carbonyl (C=O) groups is 1. The predicted octanol–water partition coefficient (Wildman–Crippen LogP) is 1.40. The molecule has 13 heavy (non-hydrogen) atoms. The van der Waals surface area contributed by atoms with Crippen LogP contribution in [0.5, 0.6) is 0 Å². The van der Waals surface area contributed by atoms with E-state index in [0.29, 0.717) is 10.6 Å². The molecule has 4 nitrogen and oxygen atoms in total. The normalized spacial score (nSPS) is 10.2. The van der Waals surface area contributed by atoms with E-state index in [2.05, 4.69) is 22.8 Å². The van der Waals surface area contributed by atoms with Gasteiger partial charge in [0.2, 0.25) is 5.12 Å². The molecule has 0 unspecified atom stereocenters. The molecule has 6 heteroatoms. The third-order valence-electron chi connectivity index (χ3n) is 1.48. The van der Waals surface area contributed by atoms with Gasteiger partial charge in [-0.1, -0.05) is 0 Å². The Morgan fingerprint density at radius 1 is 1.46 bits per heavy atom. The first-order valence-corrected chi connectivity index (χ1v) is 4.79. The Labute approximate surface area is 83.6 Å². The highest BCUT2D eigenvalue weighted by Gasteiger charge is 2.11. The number of carbonyl (C=O) groups excluding carboxylic acids is 1. The Hall–Kier alpha value is -1.14. The summed E-state index contributed by atoms with van der Waals surface area (Å²) in [5.41, 5.74) is 0.532. The van der Waals surface area contributed by atoms with E-state index in [0.717, 1.165) is 0 Å². The first-order chi connectivity index (χ1) is 6.29. The van der Waals surface area contributed by atoms with Gasteiger partial charge >= 0.3 is 0 Å². The summed E-state index contributed by atoms with van der Waals surface area (Å²) in [6.45, 7) is 0. The molecule has 0 aliphatic heterocycles. The molecule has 0 amide bonds. The number of aromatic nitrogens is 3. The lowest BCUT2D eigenvalue weighted by Crippen LogP contribution is -2.00. The average molecular weight is 211 g/mol. The summed E-state index contributed by atoms with van der Waals surface area (Å²) >= 11 is 5.16. The standard InChI is InChI=1S/C7H5N3OS2/c11-7(12)5-1-4-13-6(5)10-8-2-3-9-10/h1-4H,(H,11,12). The van der Waals surface area contributed by atoms with Crippen LogP contribution in [-0.4, -0.2) is 20.1 Å². The molecule has 2 aromatic rings. The lowest BCUT2D eigenvalue weighted by Gasteiger charge is -1.96. The van der Waals surface area contributed by atoms with E-state index in [-0.39, 0.29) is 5.12 Å². The van der Waals surface area contributed by atoms with Crippen molar-refractivity contribution in [3.63, 3.8) is 0 Å². The van der Waals surface area contributed by atoms with Gasteiger partial charge in [0.25, 0.3) is 0 Å². The molecule has 0 N–H and O–H groups in total. The average Bonchev–Trinajstić information content (AvgIpc) is 2.74. The molecule has 0 saturated carbocycles. The molecule has 0 aliphatic rings. The summed E-state index contributed by atoms with van der Waals surface area (Å²) in [6.07, 6.45) is 3.12. The van der Waals surface area contributed by atoms with Crippen LogP contribution < -0.4 is 0 Å². The second kappa shape index (κ2) is 3.31. The second-order valence-electron chi connectivity index (χ2n) is 2.26. The molecule has 0 saturated heterocycles. The highest BCUT2D eigenvalue weighted by Crippen LogP contribution is 2.21. The quantitative estimate of drug-likeness (QED) is 0.764. The van der Waals surface area contributed by atoms with Crippen LogP contribution in [0.2, 0.25) is 0 Å². The van der Waals surface area contributed by atoms with E-state index in [1.165, 1.54) is 16.1 Å². The fourth-order valence-corrected chi connectivity index (χ4v) is 2.00. The highest BCUT2D eigenvalue weighted by atomic mass is 32.1. The van der Waals surface area contributed by atoms with Crippen LogP contribution in [0.15, 0.2) is 23.8 Å². The van der Waals surface area contributed by atoms with Gasteiger partial charge in [0.05, 0.1) is 18.0 Å². The molecule has 0 aromatic carbocycles. The van der Waals surface area contributed by atoms with Crippen LogP contribution in [-0.2, 0) is 0 Å². The summed E-state index contributed by atoms with van der Waals surface area (Å²) < 4.78 is 0. The molecule has 2 heterocycles. The molecule has 2 rings (SSSR count). The van der Waals surface area contributed by atoms with Crippen LogP contribution >= 0.6 is 24.0 Å².